The predicted molar refractivity (Wildman–Crippen MR) is 82.4 cm³/mol. The SMILES string of the molecule is CNC(=O)N(C)c1ccc2c(c1)C1C(CO2)C1c1cnc[nH]1. The van der Waals surface area contributed by atoms with Crippen LogP contribution in [0.4, 0.5) is 10.5 Å². The van der Waals surface area contributed by atoms with Gasteiger partial charge in [-0.3, -0.25) is 4.90 Å². The summed E-state index contributed by atoms with van der Waals surface area (Å²) >= 11 is 0. The van der Waals surface area contributed by atoms with E-state index >= 15 is 0 Å². The average molecular weight is 298 g/mol. The summed E-state index contributed by atoms with van der Waals surface area (Å²) in [6.45, 7) is 0.742. The number of rotatable bonds is 2. The molecule has 0 saturated heterocycles. The molecule has 2 N–H and O–H groups in total. The zero-order valence-electron chi connectivity index (χ0n) is 12.5. The van der Waals surface area contributed by atoms with Crippen molar-refractivity contribution in [1.29, 1.82) is 0 Å². The number of H-pyrrole nitrogens is 1. The predicted octanol–water partition coefficient (Wildman–Crippen LogP) is 2.07. The maximum Gasteiger partial charge on any atom is 0.321 e. The second kappa shape index (κ2) is 4.76. The van der Waals surface area contributed by atoms with Gasteiger partial charge in [0.05, 0.1) is 12.9 Å². The Hall–Kier alpha value is -2.50. The standard InChI is InChI=1S/C16H18N4O2/c1-17-16(21)20(2)9-3-4-13-10(5-9)14-11(7-22-13)15(14)12-6-18-8-19-12/h3-6,8,11,14-15H,7H2,1-2H3,(H,17,21)(H,18,19). The van der Waals surface area contributed by atoms with Crippen LogP contribution in [0, 0.1) is 5.92 Å². The summed E-state index contributed by atoms with van der Waals surface area (Å²) in [6, 6.07) is 5.82. The van der Waals surface area contributed by atoms with Crippen LogP contribution in [0.1, 0.15) is 23.1 Å². The summed E-state index contributed by atoms with van der Waals surface area (Å²) in [5.41, 5.74) is 3.22. The molecule has 6 nitrogen and oxygen atoms in total. The number of aromatic amines is 1. The maximum atomic E-state index is 11.8. The third kappa shape index (κ3) is 1.87. The van der Waals surface area contributed by atoms with Gasteiger partial charge in [-0.05, 0) is 18.2 Å². The lowest BCUT2D eigenvalue weighted by atomic mass is 10.0. The lowest BCUT2D eigenvalue weighted by molar-refractivity contribution is 0.249. The Labute approximate surface area is 128 Å². The minimum atomic E-state index is -0.130. The summed E-state index contributed by atoms with van der Waals surface area (Å²) in [5.74, 6) is 2.30. The van der Waals surface area contributed by atoms with E-state index in [0.29, 0.717) is 17.8 Å². The number of fused-ring (bicyclic) bond motifs is 3. The van der Waals surface area contributed by atoms with Crippen LogP contribution in [-0.4, -0.2) is 36.7 Å². The number of hydrogen-bond acceptors (Lipinski definition) is 3. The highest BCUT2D eigenvalue weighted by Gasteiger charge is 2.56. The van der Waals surface area contributed by atoms with E-state index in [9.17, 15) is 4.79 Å². The fourth-order valence-corrected chi connectivity index (χ4v) is 3.49. The van der Waals surface area contributed by atoms with Crippen molar-refractivity contribution in [2.45, 2.75) is 11.8 Å². The molecule has 2 amide bonds. The molecule has 6 heteroatoms. The van der Waals surface area contributed by atoms with Crippen molar-refractivity contribution in [3.05, 3.63) is 42.0 Å². The van der Waals surface area contributed by atoms with Crippen LogP contribution in [0.15, 0.2) is 30.7 Å². The molecule has 114 valence electrons. The van der Waals surface area contributed by atoms with Crippen LogP contribution in [0.3, 0.4) is 0 Å². The molecule has 1 aliphatic carbocycles. The molecule has 1 fully saturated rings. The number of nitrogens with one attached hydrogen (secondary N) is 2. The van der Waals surface area contributed by atoms with Crippen LogP contribution in [0.5, 0.6) is 5.75 Å². The zero-order chi connectivity index (χ0) is 15.3. The Bertz CT molecular complexity index is 713. The summed E-state index contributed by atoms with van der Waals surface area (Å²) in [7, 11) is 3.40. The number of carbonyl (C=O) groups excluding carboxylic acids is 1. The van der Waals surface area contributed by atoms with Crippen LogP contribution in [-0.2, 0) is 0 Å². The molecule has 0 radical (unpaired) electrons. The first kappa shape index (κ1) is 13.2. The summed E-state index contributed by atoms with van der Waals surface area (Å²) in [5, 5.41) is 2.64. The highest BCUT2D eigenvalue weighted by atomic mass is 16.5. The minimum Gasteiger partial charge on any atom is -0.493 e. The van der Waals surface area contributed by atoms with Gasteiger partial charge in [0.2, 0.25) is 0 Å². The van der Waals surface area contributed by atoms with Gasteiger partial charge in [-0.25, -0.2) is 9.78 Å². The molecule has 3 atom stereocenters. The van der Waals surface area contributed by atoms with E-state index in [-0.39, 0.29) is 6.03 Å². The molecule has 4 rings (SSSR count). The molecule has 2 heterocycles. The first-order valence-corrected chi connectivity index (χ1v) is 7.41. The molecule has 1 aromatic carbocycles. The Morgan fingerprint density at radius 2 is 2.32 bits per heavy atom. The van der Waals surface area contributed by atoms with Gasteiger partial charge in [0.1, 0.15) is 5.75 Å². The van der Waals surface area contributed by atoms with Crippen molar-refractivity contribution in [2.75, 3.05) is 25.6 Å². The van der Waals surface area contributed by atoms with Gasteiger partial charge in [-0.1, -0.05) is 0 Å². The molecule has 1 aromatic heterocycles. The Balaban J connectivity index is 1.67. The fraction of sp³-hybridized carbons (Fsp3) is 0.375. The molecule has 1 aliphatic heterocycles. The number of imidazole rings is 1. The van der Waals surface area contributed by atoms with Crippen molar-refractivity contribution in [3.63, 3.8) is 0 Å². The van der Waals surface area contributed by atoms with Crippen molar-refractivity contribution >= 4 is 11.7 Å². The number of benzene rings is 1. The van der Waals surface area contributed by atoms with E-state index in [1.165, 1.54) is 5.56 Å². The van der Waals surface area contributed by atoms with Gasteiger partial charge in [0, 0.05) is 55.0 Å². The average Bonchev–Trinajstić information content (AvgIpc) is 3.05. The molecular weight excluding hydrogens is 280 g/mol. The number of nitrogens with zero attached hydrogens (tertiary/aromatic N) is 2. The van der Waals surface area contributed by atoms with Gasteiger partial charge >= 0.3 is 6.03 Å². The normalized spacial score (nSPS) is 24.7. The van der Waals surface area contributed by atoms with E-state index in [4.69, 9.17) is 4.74 Å². The van der Waals surface area contributed by atoms with Gasteiger partial charge in [0.25, 0.3) is 0 Å². The van der Waals surface area contributed by atoms with E-state index in [2.05, 4.69) is 21.4 Å². The summed E-state index contributed by atoms with van der Waals surface area (Å²) < 4.78 is 5.87. The smallest absolute Gasteiger partial charge is 0.321 e. The third-order valence-electron chi connectivity index (χ3n) is 4.74. The second-order valence-electron chi connectivity index (χ2n) is 5.87. The Kier molecular flexibility index (Phi) is 2.85. The van der Waals surface area contributed by atoms with Crippen LogP contribution >= 0.6 is 0 Å². The third-order valence-corrected chi connectivity index (χ3v) is 4.74. The van der Waals surface area contributed by atoms with E-state index in [0.717, 1.165) is 23.7 Å². The number of amides is 2. The number of hydrogen-bond donors (Lipinski definition) is 2. The van der Waals surface area contributed by atoms with Crippen LogP contribution < -0.4 is 15.0 Å². The second-order valence-corrected chi connectivity index (χ2v) is 5.87. The summed E-state index contributed by atoms with van der Waals surface area (Å²) in [4.78, 5) is 20.7. The van der Waals surface area contributed by atoms with E-state index in [1.54, 1.807) is 25.3 Å². The molecular formula is C16H18N4O2. The molecule has 3 unspecified atom stereocenters. The molecule has 1 saturated carbocycles. The fourth-order valence-electron chi connectivity index (χ4n) is 3.49. The lowest BCUT2D eigenvalue weighted by Gasteiger charge is -2.21. The summed E-state index contributed by atoms with van der Waals surface area (Å²) in [6.07, 6.45) is 3.61. The monoisotopic (exact) mass is 298 g/mol. The Morgan fingerprint density at radius 3 is 3.05 bits per heavy atom. The quantitative estimate of drug-likeness (QED) is 0.891. The van der Waals surface area contributed by atoms with Crippen molar-refractivity contribution < 1.29 is 9.53 Å². The number of urea groups is 1. The maximum absolute atomic E-state index is 11.8. The number of ether oxygens (including phenoxy) is 1. The van der Waals surface area contributed by atoms with E-state index < -0.39 is 0 Å². The molecule has 0 bridgehead atoms. The topological polar surface area (TPSA) is 70.2 Å². The molecule has 2 aliphatic rings. The number of anilines is 1. The van der Waals surface area contributed by atoms with Crippen molar-refractivity contribution in [1.82, 2.24) is 15.3 Å². The highest BCUT2D eigenvalue weighted by Crippen LogP contribution is 2.64. The van der Waals surface area contributed by atoms with Crippen molar-refractivity contribution in [2.24, 2.45) is 5.92 Å². The number of aromatic nitrogens is 2. The zero-order valence-corrected chi connectivity index (χ0v) is 12.5. The van der Waals surface area contributed by atoms with Gasteiger partial charge in [-0.15, -0.1) is 0 Å². The van der Waals surface area contributed by atoms with Gasteiger partial charge < -0.3 is 15.0 Å². The van der Waals surface area contributed by atoms with Crippen LogP contribution in [0.2, 0.25) is 0 Å². The Morgan fingerprint density at radius 1 is 1.45 bits per heavy atom. The number of carbonyl (C=O) groups is 1. The molecule has 22 heavy (non-hydrogen) atoms. The molecule has 0 spiro atoms. The largest absolute Gasteiger partial charge is 0.493 e. The van der Waals surface area contributed by atoms with Gasteiger partial charge in [-0.2, -0.15) is 0 Å². The van der Waals surface area contributed by atoms with E-state index in [1.807, 2.05) is 18.3 Å². The van der Waals surface area contributed by atoms with Gasteiger partial charge in [0.15, 0.2) is 0 Å². The first-order chi connectivity index (χ1) is 10.7. The highest BCUT2D eigenvalue weighted by molar-refractivity contribution is 5.91. The minimum absolute atomic E-state index is 0.130. The van der Waals surface area contributed by atoms with Crippen molar-refractivity contribution in [3.8, 4) is 5.75 Å². The lowest BCUT2D eigenvalue weighted by Crippen LogP contribution is -2.34. The molecule has 2 aromatic rings. The first-order valence-electron chi connectivity index (χ1n) is 7.41. The van der Waals surface area contributed by atoms with Crippen LogP contribution in [0.25, 0.3) is 0 Å².